The number of carboxylic acid groups (broad SMARTS) is 1. The van der Waals surface area contributed by atoms with E-state index in [1.165, 1.54) is 15.6 Å². The van der Waals surface area contributed by atoms with E-state index in [-0.39, 0.29) is 6.61 Å². The molecule has 0 radical (unpaired) electrons. The largest absolute Gasteiger partial charge is 0.490 e. The van der Waals surface area contributed by atoms with E-state index in [9.17, 15) is 21.6 Å². The van der Waals surface area contributed by atoms with Gasteiger partial charge >= 0.3 is 12.1 Å². The molecule has 1 N–H and O–H groups in total. The second-order valence-corrected chi connectivity index (χ2v) is 9.49. The van der Waals surface area contributed by atoms with Crippen molar-refractivity contribution in [3.8, 4) is 5.75 Å². The van der Waals surface area contributed by atoms with Gasteiger partial charge in [0.2, 0.25) is 0 Å². The number of hydrogen-bond acceptors (Lipinski definition) is 7. The third-order valence-electron chi connectivity index (χ3n) is 4.29. The minimum atomic E-state index is -5.08. The molecule has 3 aromatic heterocycles. The van der Waals surface area contributed by atoms with Gasteiger partial charge in [0.1, 0.15) is 22.3 Å². The van der Waals surface area contributed by atoms with Crippen molar-refractivity contribution in [3.05, 3.63) is 59.8 Å². The van der Waals surface area contributed by atoms with Gasteiger partial charge in [0, 0.05) is 19.3 Å². The monoisotopic (exact) mass is 490 g/mol. The van der Waals surface area contributed by atoms with Gasteiger partial charge in [-0.25, -0.2) is 18.2 Å². The number of halogens is 3. The number of aliphatic carboxylic acids is 1. The molecule has 0 aromatic carbocycles. The van der Waals surface area contributed by atoms with Crippen LogP contribution in [0.5, 0.6) is 5.75 Å². The molecule has 172 valence electrons. The predicted octanol–water partition coefficient (Wildman–Crippen LogP) is 2.76. The summed E-state index contributed by atoms with van der Waals surface area (Å²) in [5.74, 6) is -2.10. The number of rotatable bonds is 5. The van der Waals surface area contributed by atoms with E-state index in [0.717, 1.165) is 11.4 Å². The van der Waals surface area contributed by atoms with E-state index < -0.39 is 22.2 Å². The Balaban J connectivity index is 0.000000360. The fourth-order valence-electron chi connectivity index (χ4n) is 2.74. The van der Waals surface area contributed by atoms with Crippen molar-refractivity contribution in [2.24, 2.45) is 0 Å². The van der Waals surface area contributed by atoms with Crippen LogP contribution in [0.1, 0.15) is 11.4 Å². The molecule has 0 atom stereocenters. The summed E-state index contributed by atoms with van der Waals surface area (Å²) in [5, 5.41) is 8.90. The Morgan fingerprint density at radius 1 is 1.25 bits per heavy atom. The normalized spacial score (nSPS) is 14.2. The van der Waals surface area contributed by atoms with Gasteiger partial charge in [-0.2, -0.15) is 17.5 Å². The zero-order valence-corrected chi connectivity index (χ0v) is 17.9. The summed E-state index contributed by atoms with van der Waals surface area (Å²) in [7, 11) is -3.46. The van der Waals surface area contributed by atoms with Crippen LogP contribution in [0.15, 0.2) is 52.6 Å². The van der Waals surface area contributed by atoms with Gasteiger partial charge in [-0.3, -0.25) is 4.98 Å². The highest BCUT2D eigenvalue weighted by molar-refractivity contribution is 7.91. The topological polar surface area (TPSA) is 115 Å². The molecular formula is C18H17F3N4O5S2. The fraction of sp³-hybridized carbons (Fsp3) is 0.278. The molecule has 0 amide bonds. The molecule has 0 bridgehead atoms. The average molecular weight is 490 g/mol. The summed E-state index contributed by atoms with van der Waals surface area (Å²) in [6, 6.07) is 7.01. The Morgan fingerprint density at radius 3 is 2.59 bits per heavy atom. The van der Waals surface area contributed by atoms with Gasteiger partial charge in [0.15, 0.2) is 0 Å². The van der Waals surface area contributed by atoms with Crippen molar-refractivity contribution in [1.29, 1.82) is 0 Å². The first-order valence-electron chi connectivity index (χ1n) is 8.98. The maximum Gasteiger partial charge on any atom is 0.490 e. The number of imidazole rings is 1. The molecule has 1 aliphatic heterocycles. The molecule has 1 aliphatic rings. The molecule has 0 fully saturated rings. The maximum absolute atomic E-state index is 12.7. The molecule has 9 nitrogen and oxygen atoms in total. The van der Waals surface area contributed by atoms with Crippen LogP contribution in [-0.4, -0.2) is 51.1 Å². The quantitative estimate of drug-likeness (QED) is 0.585. The smallest absolute Gasteiger partial charge is 0.486 e. The number of aromatic nitrogens is 3. The van der Waals surface area contributed by atoms with Crippen LogP contribution in [0, 0.1) is 0 Å². The highest BCUT2D eigenvalue weighted by atomic mass is 32.2. The highest BCUT2D eigenvalue weighted by Crippen LogP contribution is 2.26. The lowest BCUT2D eigenvalue weighted by atomic mass is 10.3. The zero-order chi connectivity index (χ0) is 23.4. The van der Waals surface area contributed by atoms with Gasteiger partial charge in [0.05, 0.1) is 24.8 Å². The van der Waals surface area contributed by atoms with E-state index in [0.29, 0.717) is 29.6 Å². The summed E-state index contributed by atoms with van der Waals surface area (Å²) in [6.07, 6.45) is -0.0267. The van der Waals surface area contributed by atoms with Crippen molar-refractivity contribution in [2.75, 3.05) is 6.54 Å². The molecule has 14 heteroatoms. The van der Waals surface area contributed by atoms with Gasteiger partial charge in [-0.1, -0.05) is 6.07 Å². The molecular weight excluding hydrogens is 473 g/mol. The minimum Gasteiger partial charge on any atom is -0.486 e. The van der Waals surface area contributed by atoms with Crippen LogP contribution in [0.2, 0.25) is 0 Å². The third kappa shape index (κ3) is 5.63. The molecule has 0 aliphatic carbocycles. The number of nitrogens with zero attached hydrogens (tertiary/aromatic N) is 4. The number of pyridine rings is 1. The number of fused-ring (bicyclic) bond motifs is 1. The van der Waals surface area contributed by atoms with E-state index in [1.54, 1.807) is 42.3 Å². The van der Waals surface area contributed by atoms with Crippen molar-refractivity contribution >= 4 is 27.3 Å². The molecule has 4 heterocycles. The van der Waals surface area contributed by atoms with Crippen molar-refractivity contribution in [3.63, 3.8) is 0 Å². The van der Waals surface area contributed by atoms with Gasteiger partial charge < -0.3 is 14.4 Å². The highest BCUT2D eigenvalue weighted by Gasteiger charge is 2.38. The molecule has 0 unspecified atom stereocenters. The predicted molar refractivity (Wildman–Crippen MR) is 106 cm³/mol. The standard InChI is InChI=1S/C16H16N4O3S2.C2HF3O2/c21-25(22,16-4-2-8-24-16)20-7-6-19-12-18-14(15(19)10-20)11-23-13-3-1-5-17-9-13;3-2(4,5)1(6)7/h1-5,8-9,12H,6-7,10-11H2;(H,6,7). The van der Waals surface area contributed by atoms with Crippen LogP contribution in [-0.2, 0) is 34.5 Å². The number of carboxylic acids is 1. The van der Waals surface area contributed by atoms with Crippen molar-refractivity contribution < 1.29 is 36.2 Å². The van der Waals surface area contributed by atoms with Crippen molar-refractivity contribution in [2.45, 2.75) is 30.1 Å². The second kappa shape index (κ2) is 9.67. The first-order chi connectivity index (χ1) is 15.1. The summed E-state index contributed by atoms with van der Waals surface area (Å²) < 4.78 is 66.8. The SMILES string of the molecule is O=C(O)C(F)(F)F.O=S(=O)(c1cccs1)N1CCn2cnc(COc3cccnc3)c2C1. The Bertz CT molecular complexity index is 1150. The molecule has 32 heavy (non-hydrogen) atoms. The van der Waals surface area contributed by atoms with Crippen LogP contribution in [0.3, 0.4) is 0 Å². The van der Waals surface area contributed by atoms with Crippen LogP contribution < -0.4 is 4.74 Å². The number of sulfonamides is 1. The Hall–Kier alpha value is -2.97. The van der Waals surface area contributed by atoms with E-state index in [2.05, 4.69) is 9.97 Å². The summed E-state index contributed by atoms with van der Waals surface area (Å²) >= 11 is 1.23. The summed E-state index contributed by atoms with van der Waals surface area (Å²) in [6.45, 7) is 1.60. The van der Waals surface area contributed by atoms with Crippen molar-refractivity contribution in [1.82, 2.24) is 18.8 Å². The number of hydrogen-bond donors (Lipinski definition) is 1. The number of carbonyl (C=O) groups is 1. The van der Waals surface area contributed by atoms with Gasteiger partial charge in [-0.05, 0) is 23.6 Å². The fourth-order valence-corrected chi connectivity index (χ4v) is 5.27. The Labute approximate surface area is 184 Å². The maximum atomic E-state index is 12.7. The summed E-state index contributed by atoms with van der Waals surface area (Å²) in [5.41, 5.74) is 1.62. The summed E-state index contributed by atoms with van der Waals surface area (Å²) in [4.78, 5) is 17.3. The van der Waals surface area contributed by atoms with Gasteiger partial charge in [0.25, 0.3) is 10.0 Å². The Kier molecular flexibility index (Phi) is 7.16. The molecule has 3 aromatic rings. The zero-order valence-electron chi connectivity index (χ0n) is 16.3. The molecule has 0 saturated heterocycles. The van der Waals surface area contributed by atoms with Gasteiger partial charge in [-0.15, -0.1) is 11.3 Å². The minimum absolute atomic E-state index is 0.279. The number of ether oxygens (including phenoxy) is 1. The Morgan fingerprint density at radius 2 is 2.00 bits per heavy atom. The van der Waals surface area contributed by atoms with E-state index in [1.807, 2.05) is 10.6 Å². The van der Waals surface area contributed by atoms with Crippen LogP contribution in [0.25, 0.3) is 0 Å². The lowest BCUT2D eigenvalue weighted by Crippen LogP contribution is -2.38. The first-order valence-corrected chi connectivity index (χ1v) is 11.3. The third-order valence-corrected chi connectivity index (χ3v) is 7.51. The first kappa shape index (κ1) is 23.7. The van der Waals surface area contributed by atoms with Crippen LogP contribution in [0.4, 0.5) is 13.2 Å². The molecule has 0 saturated carbocycles. The lowest BCUT2D eigenvalue weighted by Gasteiger charge is -2.27. The van der Waals surface area contributed by atoms with E-state index in [4.69, 9.17) is 14.6 Å². The average Bonchev–Trinajstić information content (AvgIpc) is 3.43. The lowest BCUT2D eigenvalue weighted by molar-refractivity contribution is -0.192. The van der Waals surface area contributed by atoms with E-state index >= 15 is 0 Å². The molecule has 4 rings (SSSR count). The second-order valence-electron chi connectivity index (χ2n) is 6.38. The number of thiophene rings is 1. The number of alkyl halides is 3. The molecule has 0 spiro atoms. The van der Waals surface area contributed by atoms with Crippen LogP contribution >= 0.6 is 11.3 Å².